The number of nitrogens with zero attached hydrogens (tertiary/aromatic N) is 1. The minimum atomic E-state index is -4.65. The molecule has 6 nitrogen and oxygen atoms in total. The van der Waals surface area contributed by atoms with Gasteiger partial charge in [-0.05, 0) is 62.9 Å². The molecule has 3 rings (SSSR count). The second-order valence-electron chi connectivity index (χ2n) is 7.77. The Kier molecular flexibility index (Phi) is 5.45. The van der Waals surface area contributed by atoms with Gasteiger partial charge in [-0.3, -0.25) is 14.4 Å². The van der Waals surface area contributed by atoms with Crippen molar-refractivity contribution in [3.8, 4) is 0 Å². The molecule has 2 N–H and O–H groups in total. The van der Waals surface area contributed by atoms with Crippen LogP contribution < -0.4 is 10.6 Å². The van der Waals surface area contributed by atoms with Crippen LogP contribution in [0.25, 0.3) is 0 Å². The number of rotatable bonds is 5. The third kappa shape index (κ3) is 3.94. The van der Waals surface area contributed by atoms with E-state index >= 15 is 0 Å². The van der Waals surface area contributed by atoms with Crippen molar-refractivity contribution >= 4 is 23.3 Å². The van der Waals surface area contributed by atoms with Gasteiger partial charge in [0.2, 0.25) is 0 Å². The van der Waals surface area contributed by atoms with Gasteiger partial charge in [0, 0.05) is 18.4 Å². The van der Waals surface area contributed by atoms with E-state index in [1.165, 1.54) is 43.7 Å². The van der Waals surface area contributed by atoms with Gasteiger partial charge in [-0.1, -0.05) is 0 Å². The Morgan fingerprint density at radius 2 is 1.71 bits per heavy atom. The Labute approximate surface area is 175 Å². The molecule has 2 amide bonds. The smallest absolute Gasteiger partial charge is 0.344 e. The number of alkyl halides is 3. The van der Waals surface area contributed by atoms with Crippen molar-refractivity contribution in [2.75, 3.05) is 5.32 Å². The average molecular weight is 439 g/mol. The minimum absolute atomic E-state index is 0.109. The van der Waals surface area contributed by atoms with Crippen molar-refractivity contribution in [3.05, 3.63) is 52.1 Å². The molecule has 2 aromatic rings. The number of nitrogens with one attached hydrogen (secondary N) is 2. The average Bonchev–Trinajstić information content (AvgIpc) is 3.41. The fourth-order valence-electron chi connectivity index (χ4n) is 3.54. The maximum atomic E-state index is 13.4. The quantitative estimate of drug-likeness (QED) is 0.423. The van der Waals surface area contributed by atoms with E-state index in [1.807, 2.05) is 0 Å². The third-order valence-corrected chi connectivity index (χ3v) is 5.64. The van der Waals surface area contributed by atoms with Crippen LogP contribution in [0.2, 0.25) is 0 Å². The number of Topliss-reactive ketones (excluding diaryl/α,β-unsaturated/α-hetero) is 1. The van der Waals surface area contributed by atoms with Gasteiger partial charge in [0.05, 0.1) is 11.3 Å². The Balaban J connectivity index is 1.87. The molecule has 1 aliphatic rings. The van der Waals surface area contributed by atoms with Crippen molar-refractivity contribution in [2.45, 2.75) is 45.3 Å². The number of benzene rings is 1. The molecule has 31 heavy (non-hydrogen) atoms. The van der Waals surface area contributed by atoms with E-state index in [0.717, 1.165) is 0 Å². The number of amides is 2. The number of carbonyl (C=O) groups excluding carboxylic acids is 3. The van der Waals surface area contributed by atoms with Gasteiger partial charge in [0.1, 0.15) is 11.4 Å². The summed E-state index contributed by atoms with van der Waals surface area (Å²) in [5, 5.41) is 4.41. The van der Waals surface area contributed by atoms with Gasteiger partial charge in [0.25, 0.3) is 17.6 Å². The Morgan fingerprint density at radius 1 is 1.10 bits per heavy atom. The number of carbonyl (C=O) groups is 3. The minimum Gasteiger partial charge on any atom is -0.344 e. The van der Waals surface area contributed by atoms with E-state index in [4.69, 9.17) is 0 Å². The van der Waals surface area contributed by atoms with Crippen molar-refractivity contribution in [3.63, 3.8) is 0 Å². The zero-order chi connectivity index (χ0) is 23.3. The van der Waals surface area contributed by atoms with Gasteiger partial charge < -0.3 is 15.2 Å². The Morgan fingerprint density at radius 3 is 2.23 bits per heavy atom. The maximum Gasteiger partial charge on any atom is 0.411 e. The van der Waals surface area contributed by atoms with Crippen LogP contribution in [0.3, 0.4) is 0 Å². The molecule has 0 saturated heterocycles. The molecule has 0 atom stereocenters. The number of anilines is 1. The molecule has 1 aromatic carbocycles. The Hall–Kier alpha value is -3.17. The molecule has 0 unspecified atom stereocenters. The van der Waals surface area contributed by atoms with E-state index in [1.54, 1.807) is 12.2 Å². The summed E-state index contributed by atoms with van der Waals surface area (Å²) >= 11 is 0. The van der Waals surface area contributed by atoms with Crippen LogP contribution in [0.1, 0.15) is 50.5 Å². The number of aryl methyl sites for hydroxylation is 1. The van der Waals surface area contributed by atoms with Gasteiger partial charge in [-0.25, -0.2) is 4.39 Å². The molecule has 10 heteroatoms. The van der Waals surface area contributed by atoms with Crippen molar-refractivity contribution in [1.82, 2.24) is 9.88 Å². The highest BCUT2D eigenvalue weighted by atomic mass is 19.4. The summed E-state index contributed by atoms with van der Waals surface area (Å²) < 4.78 is 54.1. The zero-order valence-electron chi connectivity index (χ0n) is 17.3. The van der Waals surface area contributed by atoms with Crippen LogP contribution in [0.4, 0.5) is 23.2 Å². The van der Waals surface area contributed by atoms with E-state index in [2.05, 4.69) is 5.32 Å². The monoisotopic (exact) mass is 439 g/mol. The lowest BCUT2D eigenvalue weighted by Crippen LogP contribution is -2.50. The fourth-order valence-corrected chi connectivity index (χ4v) is 3.54. The first kappa shape index (κ1) is 22.5. The lowest BCUT2D eigenvalue weighted by molar-refractivity contribution is -0.169. The molecule has 0 aliphatic heterocycles. The second-order valence-corrected chi connectivity index (χ2v) is 7.77. The molecule has 166 valence electrons. The molecule has 0 spiro atoms. The highest BCUT2D eigenvalue weighted by Crippen LogP contribution is 2.48. The summed E-state index contributed by atoms with van der Waals surface area (Å²) in [6.45, 7) is 4.52. The lowest BCUT2D eigenvalue weighted by atomic mass is 10.1. The van der Waals surface area contributed by atoms with Gasteiger partial charge in [-0.15, -0.1) is 0 Å². The Bertz CT molecular complexity index is 1100. The van der Waals surface area contributed by atoms with E-state index in [0.29, 0.717) is 16.9 Å². The third-order valence-electron chi connectivity index (χ3n) is 5.64. The first-order valence-electron chi connectivity index (χ1n) is 9.46. The highest BCUT2D eigenvalue weighted by Gasteiger charge is 2.64. The topological polar surface area (TPSA) is 80.2 Å². The lowest BCUT2D eigenvalue weighted by Gasteiger charge is -2.20. The number of ketones is 1. The highest BCUT2D eigenvalue weighted by molar-refractivity contribution is 6.43. The molecule has 1 aliphatic carbocycles. The summed E-state index contributed by atoms with van der Waals surface area (Å²) in [7, 11) is 1.44. The second kappa shape index (κ2) is 7.51. The van der Waals surface area contributed by atoms with Crippen molar-refractivity contribution in [2.24, 2.45) is 7.05 Å². The predicted molar refractivity (Wildman–Crippen MR) is 104 cm³/mol. The largest absolute Gasteiger partial charge is 0.411 e. The van der Waals surface area contributed by atoms with Crippen molar-refractivity contribution < 1.29 is 31.9 Å². The fraction of sp³-hybridized carbons (Fsp3) is 0.381. The number of aromatic nitrogens is 1. The molecule has 1 heterocycles. The first-order chi connectivity index (χ1) is 14.3. The van der Waals surface area contributed by atoms with Crippen LogP contribution >= 0.6 is 0 Å². The number of hydrogen-bond acceptors (Lipinski definition) is 3. The summed E-state index contributed by atoms with van der Waals surface area (Å²) in [4.78, 5) is 37.8. The summed E-state index contributed by atoms with van der Waals surface area (Å²) in [5.74, 6) is -3.56. The van der Waals surface area contributed by atoms with E-state index in [-0.39, 0.29) is 29.7 Å². The standard InChI is InChI=1S/C21H21F4N3O3/c1-10-9-13(5-6-14(10)22)26-18(30)15-11(2)16(28(4)12(15)3)17(29)19(31)27-20(7-8-20)21(23,24)25/h5-6,9H,7-8H2,1-4H3,(H,26,30)(H,27,31). The van der Waals surface area contributed by atoms with Crippen LogP contribution in [0.15, 0.2) is 18.2 Å². The summed E-state index contributed by atoms with van der Waals surface area (Å²) in [5.41, 5.74) is -1.26. The summed E-state index contributed by atoms with van der Waals surface area (Å²) in [6.07, 6.45) is -5.22. The normalized spacial score (nSPS) is 14.8. The van der Waals surface area contributed by atoms with Gasteiger partial charge >= 0.3 is 6.18 Å². The molecule has 1 fully saturated rings. The maximum absolute atomic E-state index is 13.4. The SMILES string of the molecule is Cc1cc(NC(=O)c2c(C)c(C(=O)C(=O)NC3(C(F)(F)F)CC3)n(C)c2C)ccc1F. The van der Waals surface area contributed by atoms with Crippen LogP contribution in [-0.4, -0.2) is 33.9 Å². The molecular weight excluding hydrogens is 418 g/mol. The number of halogens is 4. The van der Waals surface area contributed by atoms with Gasteiger partial charge in [-0.2, -0.15) is 13.2 Å². The van der Waals surface area contributed by atoms with E-state index < -0.39 is 35.1 Å². The molecular formula is C21H21F4N3O3. The summed E-state index contributed by atoms with van der Waals surface area (Å²) in [6, 6.07) is 4.01. The molecule has 1 saturated carbocycles. The van der Waals surface area contributed by atoms with Crippen LogP contribution in [-0.2, 0) is 11.8 Å². The predicted octanol–water partition coefficient (Wildman–Crippen LogP) is 3.74. The molecule has 0 bridgehead atoms. The zero-order valence-corrected chi connectivity index (χ0v) is 17.3. The van der Waals surface area contributed by atoms with E-state index in [9.17, 15) is 31.9 Å². The first-order valence-corrected chi connectivity index (χ1v) is 9.46. The van der Waals surface area contributed by atoms with Crippen LogP contribution in [0.5, 0.6) is 0 Å². The van der Waals surface area contributed by atoms with Crippen LogP contribution in [0, 0.1) is 26.6 Å². The van der Waals surface area contributed by atoms with Gasteiger partial charge in [0.15, 0.2) is 0 Å². The number of hydrogen-bond donors (Lipinski definition) is 2. The van der Waals surface area contributed by atoms with Crippen molar-refractivity contribution in [1.29, 1.82) is 0 Å². The molecule has 1 aromatic heterocycles. The molecule has 0 radical (unpaired) electrons.